The van der Waals surface area contributed by atoms with Crippen LogP contribution in [0.1, 0.15) is 47.6 Å². The molecule has 30 heavy (non-hydrogen) atoms. The van der Waals surface area contributed by atoms with E-state index in [0.29, 0.717) is 23.7 Å². The maximum Gasteiger partial charge on any atom is 0.303 e. The fraction of sp³-hybridized carbons (Fsp3) is 0.348. The molecule has 158 valence electrons. The molecule has 2 amide bonds. The van der Waals surface area contributed by atoms with E-state index in [1.54, 1.807) is 29.2 Å². The van der Waals surface area contributed by atoms with Crippen molar-refractivity contribution in [3.8, 4) is 0 Å². The highest BCUT2D eigenvalue weighted by Gasteiger charge is 2.28. The number of carbonyl (C=O) groups excluding carboxylic acids is 2. The van der Waals surface area contributed by atoms with Gasteiger partial charge in [0.2, 0.25) is 5.91 Å². The fourth-order valence-electron chi connectivity index (χ4n) is 3.83. The second kappa shape index (κ2) is 10.3. The number of nitrogens with one attached hydrogen (secondary N) is 1. The Hall–Kier alpha value is -2.86. The number of aliphatic carboxylic acids is 1. The minimum absolute atomic E-state index is 0.0342. The number of hydrogen-bond donors (Lipinski definition) is 2. The fourth-order valence-corrected chi connectivity index (χ4v) is 4.05. The van der Waals surface area contributed by atoms with Crippen LogP contribution in [0.15, 0.2) is 54.6 Å². The summed E-state index contributed by atoms with van der Waals surface area (Å²) in [5.74, 6) is -1.32. The van der Waals surface area contributed by atoms with Crippen LogP contribution in [0.3, 0.4) is 0 Å². The summed E-state index contributed by atoms with van der Waals surface area (Å²) in [6, 6.07) is 15.6. The van der Waals surface area contributed by atoms with Gasteiger partial charge in [0.15, 0.2) is 0 Å². The largest absolute Gasteiger partial charge is 0.481 e. The van der Waals surface area contributed by atoms with E-state index in [-0.39, 0.29) is 30.6 Å². The minimum atomic E-state index is -0.844. The number of halogens is 1. The van der Waals surface area contributed by atoms with Crippen molar-refractivity contribution in [3.63, 3.8) is 0 Å². The van der Waals surface area contributed by atoms with Gasteiger partial charge >= 0.3 is 5.97 Å². The van der Waals surface area contributed by atoms with E-state index in [2.05, 4.69) is 5.32 Å². The molecule has 1 heterocycles. The molecular formula is C23H25ClN2O4. The molecule has 0 aromatic heterocycles. The van der Waals surface area contributed by atoms with E-state index in [1.807, 2.05) is 30.3 Å². The highest BCUT2D eigenvalue weighted by Crippen LogP contribution is 2.24. The first kappa shape index (κ1) is 21.8. The second-order valence-corrected chi connectivity index (χ2v) is 7.97. The summed E-state index contributed by atoms with van der Waals surface area (Å²) in [6.45, 7) is 1.04. The van der Waals surface area contributed by atoms with E-state index < -0.39 is 12.0 Å². The standard InChI is InChI=1S/C23H25ClN2O4/c24-19-11-5-4-10-18(19)23(30)25-20(17-8-2-1-3-9-17)14-21(27)26-12-6-7-16(15-26)13-22(28)29/h1-5,8-11,16,20H,6-7,12-15H2,(H,25,30)(H,28,29). The van der Waals surface area contributed by atoms with Crippen LogP contribution in [0.5, 0.6) is 0 Å². The Morgan fingerprint density at radius 1 is 1.10 bits per heavy atom. The van der Waals surface area contributed by atoms with Crippen molar-refractivity contribution in [1.29, 1.82) is 0 Å². The van der Waals surface area contributed by atoms with Gasteiger partial charge in [-0.1, -0.05) is 54.1 Å². The zero-order valence-electron chi connectivity index (χ0n) is 16.6. The molecule has 1 aliphatic rings. The molecule has 6 nitrogen and oxygen atoms in total. The number of piperidine rings is 1. The highest BCUT2D eigenvalue weighted by molar-refractivity contribution is 6.33. The Labute approximate surface area is 180 Å². The molecule has 2 unspecified atom stereocenters. The van der Waals surface area contributed by atoms with Crippen LogP contribution < -0.4 is 5.32 Å². The van der Waals surface area contributed by atoms with Gasteiger partial charge in [0.25, 0.3) is 5.91 Å². The van der Waals surface area contributed by atoms with Crippen LogP contribution in [0.4, 0.5) is 0 Å². The normalized spacial score (nSPS) is 17.2. The number of carboxylic acid groups (broad SMARTS) is 1. The third-order valence-corrected chi connectivity index (χ3v) is 5.67. The molecule has 2 N–H and O–H groups in total. The molecule has 0 aliphatic carbocycles. The molecule has 0 spiro atoms. The number of amides is 2. The summed E-state index contributed by atoms with van der Waals surface area (Å²) < 4.78 is 0. The predicted octanol–water partition coefficient (Wildman–Crippen LogP) is 3.91. The first-order valence-corrected chi connectivity index (χ1v) is 10.4. The summed E-state index contributed by atoms with van der Waals surface area (Å²) in [4.78, 5) is 38.5. The molecule has 0 radical (unpaired) electrons. The third-order valence-electron chi connectivity index (χ3n) is 5.34. The number of likely N-dealkylation sites (tertiary alicyclic amines) is 1. The Kier molecular flexibility index (Phi) is 7.46. The van der Waals surface area contributed by atoms with Gasteiger partial charge in [-0.3, -0.25) is 14.4 Å². The van der Waals surface area contributed by atoms with Crippen LogP contribution in [0, 0.1) is 5.92 Å². The van der Waals surface area contributed by atoms with Crippen molar-refractivity contribution in [3.05, 3.63) is 70.7 Å². The third kappa shape index (κ3) is 5.83. The van der Waals surface area contributed by atoms with Crippen molar-refractivity contribution >= 4 is 29.4 Å². The topological polar surface area (TPSA) is 86.7 Å². The van der Waals surface area contributed by atoms with E-state index in [4.69, 9.17) is 16.7 Å². The lowest BCUT2D eigenvalue weighted by Crippen LogP contribution is -2.42. The van der Waals surface area contributed by atoms with Crippen molar-refractivity contribution in [2.75, 3.05) is 13.1 Å². The smallest absolute Gasteiger partial charge is 0.303 e. The van der Waals surface area contributed by atoms with Gasteiger partial charge in [-0.2, -0.15) is 0 Å². The number of rotatable bonds is 7. The maximum atomic E-state index is 13.0. The number of carboxylic acids is 1. The van der Waals surface area contributed by atoms with Crippen molar-refractivity contribution < 1.29 is 19.5 Å². The van der Waals surface area contributed by atoms with Crippen LogP contribution in [0.25, 0.3) is 0 Å². The second-order valence-electron chi connectivity index (χ2n) is 7.57. The maximum absolute atomic E-state index is 13.0. The number of carbonyl (C=O) groups is 3. The lowest BCUT2D eigenvalue weighted by Gasteiger charge is -2.33. The van der Waals surface area contributed by atoms with Gasteiger partial charge in [0.1, 0.15) is 0 Å². The lowest BCUT2D eigenvalue weighted by atomic mass is 9.94. The van der Waals surface area contributed by atoms with Crippen molar-refractivity contribution in [2.45, 2.75) is 31.7 Å². The SMILES string of the molecule is O=C(O)CC1CCCN(C(=O)CC(NC(=O)c2ccccc2Cl)c2ccccc2)C1. The van der Waals surface area contributed by atoms with E-state index in [9.17, 15) is 14.4 Å². The summed E-state index contributed by atoms with van der Waals surface area (Å²) in [6.07, 6.45) is 1.75. The average molecular weight is 429 g/mol. The Morgan fingerprint density at radius 2 is 1.80 bits per heavy atom. The molecule has 1 aliphatic heterocycles. The van der Waals surface area contributed by atoms with Gasteiger partial charge in [-0.15, -0.1) is 0 Å². The predicted molar refractivity (Wildman–Crippen MR) is 114 cm³/mol. The van der Waals surface area contributed by atoms with Crippen LogP contribution >= 0.6 is 11.6 Å². The number of nitrogens with zero attached hydrogens (tertiary/aromatic N) is 1. The average Bonchev–Trinajstić information content (AvgIpc) is 2.74. The monoisotopic (exact) mass is 428 g/mol. The molecule has 3 rings (SSSR count). The molecular weight excluding hydrogens is 404 g/mol. The van der Waals surface area contributed by atoms with Crippen LogP contribution in [-0.4, -0.2) is 40.9 Å². The quantitative estimate of drug-likeness (QED) is 0.699. The van der Waals surface area contributed by atoms with Crippen molar-refractivity contribution in [1.82, 2.24) is 10.2 Å². The number of benzene rings is 2. The highest BCUT2D eigenvalue weighted by atomic mass is 35.5. The number of hydrogen-bond acceptors (Lipinski definition) is 3. The van der Waals surface area contributed by atoms with E-state index in [0.717, 1.165) is 18.4 Å². The summed E-state index contributed by atoms with van der Waals surface area (Å²) in [5, 5.41) is 12.3. The van der Waals surface area contributed by atoms with Gasteiger partial charge in [-0.05, 0) is 36.5 Å². The molecule has 2 aromatic carbocycles. The van der Waals surface area contributed by atoms with Gasteiger partial charge in [0, 0.05) is 19.5 Å². The first-order chi connectivity index (χ1) is 14.4. The molecule has 2 aromatic rings. The first-order valence-electron chi connectivity index (χ1n) is 10.0. The molecule has 0 bridgehead atoms. The molecule has 0 saturated carbocycles. The van der Waals surface area contributed by atoms with Crippen molar-refractivity contribution in [2.24, 2.45) is 5.92 Å². The molecule has 1 fully saturated rings. The Balaban J connectivity index is 1.73. The van der Waals surface area contributed by atoms with Crippen LogP contribution in [-0.2, 0) is 9.59 Å². The van der Waals surface area contributed by atoms with Gasteiger partial charge < -0.3 is 15.3 Å². The summed E-state index contributed by atoms with van der Waals surface area (Å²) in [5.41, 5.74) is 1.18. The Morgan fingerprint density at radius 3 is 2.50 bits per heavy atom. The minimum Gasteiger partial charge on any atom is -0.481 e. The summed E-state index contributed by atoms with van der Waals surface area (Å²) in [7, 11) is 0. The zero-order valence-corrected chi connectivity index (χ0v) is 17.3. The lowest BCUT2D eigenvalue weighted by molar-refractivity contribution is -0.140. The van der Waals surface area contributed by atoms with E-state index in [1.165, 1.54) is 0 Å². The molecule has 7 heteroatoms. The molecule has 1 saturated heterocycles. The van der Waals surface area contributed by atoms with Gasteiger partial charge in [0.05, 0.1) is 23.0 Å². The summed E-state index contributed by atoms with van der Waals surface area (Å²) >= 11 is 6.15. The van der Waals surface area contributed by atoms with Gasteiger partial charge in [-0.25, -0.2) is 0 Å². The van der Waals surface area contributed by atoms with E-state index >= 15 is 0 Å². The van der Waals surface area contributed by atoms with Crippen LogP contribution in [0.2, 0.25) is 5.02 Å². The Bertz CT molecular complexity index is 903. The molecule has 2 atom stereocenters. The zero-order chi connectivity index (χ0) is 21.5.